The minimum Gasteiger partial charge on any atom is -0.480 e. The fourth-order valence-corrected chi connectivity index (χ4v) is 2.73. The molecule has 1 aliphatic rings. The van der Waals surface area contributed by atoms with Crippen molar-refractivity contribution in [2.45, 2.75) is 31.2 Å². The van der Waals surface area contributed by atoms with Gasteiger partial charge in [0.1, 0.15) is 6.04 Å². The van der Waals surface area contributed by atoms with Gasteiger partial charge in [0.05, 0.1) is 0 Å². The first-order valence-electron chi connectivity index (χ1n) is 5.36. The highest BCUT2D eigenvalue weighted by molar-refractivity contribution is 9.10. The number of carboxylic acid groups (broad SMARTS) is 1. The maximum absolute atomic E-state index is 11.0. The number of nitrogens with two attached hydrogens (primary N) is 1. The Hall–Kier alpha value is -0.870. The van der Waals surface area contributed by atoms with Gasteiger partial charge in [-0.15, -0.1) is 0 Å². The molecule has 86 valence electrons. The third-order valence-corrected chi connectivity index (χ3v) is 3.68. The number of hydrogen-bond donors (Lipinski definition) is 2. The normalized spacial score (nSPS) is 21.2. The molecule has 3 N–H and O–H groups in total. The van der Waals surface area contributed by atoms with Gasteiger partial charge in [-0.2, -0.15) is 0 Å². The van der Waals surface area contributed by atoms with E-state index in [2.05, 4.69) is 22.0 Å². The van der Waals surface area contributed by atoms with E-state index in [0.29, 0.717) is 0 Å². The molecule has 0 saturated heterocycles. The molecule has 0 saturated carbocycles. The Morgan fingerprint density at radius 2 is 2.31 bits per heavy atom. The third kappa shape index (κ3) is 2.13. The highest BCUT2D eigenvalue weighted by Crippen LogP contribution is 2.35. The molecule has 0 heterocycles. The average molecular weight is 284 g/mol. The minimum absolute atomic E-state index is 0.0567. The van der Waals surface area contributed by atoms with E-state index in [9.17, 15) is 4.79 Å². The summed E-state index contributed by atoms with van der Waals surface area (Å²) in [5, 5.41) is 8.99. The van der Waals surface area contributed by atoms with Crippen LogP contribution in [0.1, 0.15) is 29.9 Å². The molecule has 4 heteroatoms. The molecule has 2 atom stereocenters. The van der Waals surface area contributed by atoms with Crippen molar-refractivity contribution >= 4 is 21.9 Å². The predicted octanol–water partition coefficient (Wildman–Crippen LogP) is 2.28. The van der Waals surface area contributed by atoms with Crippen LogP contribution in [0.4, 0.5) is 0 Å². The fourth-order valence-electron chi connectivity index (χ4n) is 2.35. The highest BCUT2D eigenvalue weighted by Gasteiger charge is 2.29. The van der Waals surface area contributed by atoms with Gasteiger partial charge in [-0.05, 0) is 42.5 Å². The number of rotatable bonds is 2. The smallest absolute Gasteiger partial charge is 0.321 e. The molecule has 0 fully saturated rings. The zero-order valence-electron chi connectivity index (χ0n) is 8.82. The standard InChI is InChI=1S/C12H14BrNO2/c13-8-5-4-7-2-1-3-9(10(7)6-8)11(14)12(15)16/h4-6,9,11H,1-3,14H2,(H,15,16)/t9-,11?/m0/s1. The van der Waals surface area contributed by atoms with Crippen LogP contribution in [-0.4, -0.2) is 17.1 Å². The van der Waals surface area contributed by atoms with Crippen molar-refractivity contribution < 1.29 is 9.90 Å². The van der Waals surface area contributed by atoms with Gasteiger partial charge in [-0.1, -0.05) is 22.0 Å². The van der Waals surface area contributed by atoms with E-state index in [4.69, 9.17) is 10.8 Å². The zero-order chi connectivity index (χ0) is 11.7. The number of aryl methyl sites for hydroxylation is 1. The minimum atomic E-state index is -0.919. The van der Waals surface area contributed by atoms with Crippen LogP contribution in [0.15, 0.2) is 22.7 Å². The van der Waals surface area contributed by atoms with E-state index in [-0.39, 0.29) is 5.92 Å². The van der Waals surface area contributed by atoms with Gasteiger partial charge in [0.15, 0.2) is 0 Å². The second-order valence-electron chi connectivity index (χ2n) is 4.21. The van der Waals surface area contributed by atoms with Crippen molar-refractivity contribution in [1.82, 2.24) is 0 Å². The summed E-state index contributed by atoms with van der Waals surface area (Å²) >= 11 is 3.42. The molecular formula is C12H14BrNO2. The number of halogens is 1. The number of aliphatic carboxylic acids is 1. The molecule has 0 spiro atoms. The van der Waals surface area contributed by atoms with Crippen molar-refractivity contribution in [3.63, 3.8) is 0 Å². The summed E-state index contributed by atoms with van der Waals surface area (Å²) in [6.07, 6.45) is 2.89. The maximum Gasteiger partial charge on any atom is 0.321 e. The topological polar surface area (TPSA) is 63.3 Å². The van der Waals surface area contributed by atoms with Crippen molar-refractivity contribution in [3.05, 3.63) is 33.8 Å². The predicted molar refractivity (Wildman–Crippen MR) is 65.4 cm³/mol. The Labute approximate surface area is 103 Å². The Kier molecular flexibility index (Phi) is 3.30. The van der Waals surface area contributed by atoms with E-state index in [0.717, 1.165) is 29.3 Å². The van der Waals surface area contributed by atoms with Crippen molar-refractivity contribution in [1.29, 1.82) is 0 Å². The van der Waals surface area contributed by atoms with Crippen LogP contribution < -0.4 is 5.73 Å². The van der Waals surface area contributed by atoms with Gasteiger partial charge < -0.3 is 10.8 Å². The first-order valence-corrected chi connectivity index (χ1v) is 6.15. The van der Waals surface area contributed by atoms with Gasteiger partial charge in [-0.25, -0.2) is 0 Å². The van der Waals surface area contributed by atoms with Crippen LogP contribution in [0.25, 0.3) is 0 Å². The largest absolute Gasteiger partial charge is 0.480 e. The SMILES string of the molecule is NC(C(=O)O)[C@H]1CCCc2ccc(Br)cc21. The molecule has 0 amide bonds. The summed E-state index contributed by atoms with van der Waals surface area (Å²) in [7, 11) is 0. The van der Waals surface area contributed by atoms with Crippen LogP contribution in [-0.2, 0) is 11.2 Å². The summed E-state index contributed by atoms with van der Waals surface area (Å²) in [5.74, 6) is -0.975. The summed E-state index contributed by atoms with van der Waals surface area (Å²) in [6.45, 7) is 0. The van der Waals surface area contributed by atoms with Crippen LogP contribution in [0.2, 0.25) is 0 Å². The lowest BCUT2D eigenvalue weighted by Gasteiger charge is -2.28. The van der Waals surface area contributed by atoms with E-state index in [1.807, 2.05) is 12.1 Å². The van der Waals surface area contributed by atoms with Gasteiger partial charge in [0.2, 0.25) is 0 Å². The van der Waals surface area contributed by atoms with Gasteiger partial charge >= 0.3 is 5.97 Å². The average Bonchev–Trinajstić information content (AvgIpc) is 2.27. The maximum atomic E-state index is 11.0. The second kappa shape index (κ2) is 4.55. The fraction of sp³-hybridized carbons (Fsp3) is 0.417. The van der Waals surface area contributed by atoms with Crippen LogP contribution in [0.5, 0.6) is 0 Å². The van der Waals surface area contributed by atoms with Crippen molar-refractivity contribution in [2.24, 2.45) is 5.73 Å². The van der Waals surface area contributed by atoms with Crippen molar-refractivity contribution in [3.8, 4) is 0 Å². The quantitative estimate of drug-likeness (QED) is 0.875. The summed E-state index contributed by atoms with van der Waals surface area (Å²) < 4.78 is 0.982. The molecule has 16 heavy (non-hydrogen) atoms. The first-order chi connectivity index (χ1) is 7.59. The molecule has 1 aromatic rings. The second-order valence-corrected chi connectivity index (χ2v) is 5.12. The lowest BCUT2D eigenvalue weighted by molar-refractivity contribution is -0.139. The number of hydrogen-bond acceptors (Lipinski definition) is 2. The van der Waals surface area contributed by atoms with E-state index < -0.39 is 12.0 Å². The first kappa shape index (κ1) is 11.6. The molecule has 1 unspecified atom stereocenters. The Morgan fingerprint density at radius 3 is 3.00 bits per heavy atom. The number of benzene rings is 1. The van der Waals surface area contributed by atoms with Gasteiger partial charge in [-0.3, -0.25) is 4.79 Å². The van der Waals surface area contributed by atoms with Crippen LogP contribution in [0, 0.1) is 0 Å². The lowest BCUT2D eigenvalue weighted by Crippen LogP contribution is -2.38. The zero-order valence-corrected chi connectivity index (χ0v) is 10.4. The van der Waals surface area contributed by atoms with Crippen LogP contribution in [0.3, 0.4) is 0 Å². The molecular weight excluding hydrogens is 270 g/mol. The molecule has 1 aromatic carbocycles. The third-order valence-electron chi connectivity index (χ3n) is 3.19. The monoisotopic (exact) mass is 283 g/mol. The van der Waals surface area contributed by atoms with Crippen molar-refractivity contribution in [2.75, 3.05) is 0 Å². The van der Waals surface area contributed by atoms with E-state index in [1.54, 1.807) is 0 Å². The molecule has 1 aliphatic carbocycles. The van der Waals surface area contributed by atoms with Gasteiger partial charge in [0.25, 0.3) is 0 Å². The molecule has 0 aromatic heterocycles. The summed E-state index contributed by atoms with van der Waals surface area (Å²) in [6, 6.07) is 5.25. The van der Waals surface area contributed by atoms with E-state index in [1.165, 1.54) is 5.56 Å². The molecule has 0 bridgehead atoms. The molecule has 0 aliphatic heterocycles. The summed E-state index contributed by atoms with van der Waals surface area (Å²) in [4.78, 5) is 11.0. The molecule has 2 rings (SSSR count). The van der Waals surface area contributed by atoms with E-state index >= 15 is 0 Å². The number of carbonyl (C=O) groups is 1. The van der Waals surface area contributed by atoms with Crippen LogP contribution >= 0.6 is 15.9 Å². The van der Waals surface area contributed by atoms with Gasteiger partial charge in [0, 0.05) is 10.4 Å². The Balaban J connectivity index is 2.38. The number of fused-ring (bicyclic) bond motifs is 1. The lowest BCUT2D eigenvalue weighted by atomic mass is 9.79. The molecule has 3 nitrogen and oxygen atoms in total. The highest BCUT2D eigenvalue weighted by atomic mass is 79.9. The Bertz CT molecular complexity index is 419. The molecule has 0 radical (unpaired) electrons. The number of carboxylic acids is 1. The Morgan fingerprint density at radius 1 is 1.56 bits per heavy atom. The summed E-state index contributed by atoms with van der Waals surface area (Å²) in [5.41, 5.74) is 8.07.